The van der Waals surface area contributed by atoms with Gasteiger partial charge in [-0.25, -0.2) is 4.99 Å². The molecule has 0 aliphatic heterocycles. The molecule has 1 fully saturated rings. The average molecular weight is 378 g/mol. The number of guanidine groups is 1. The van der Waals surface area contributed by atoms with E-state index in [1.54, 1.807) is 6.26 Å². The molecule has 1 heterocycles. The lowest BCUT2D eigenvalue weighted by Gasteiger charge is -2.24. The van der Waals surface area contributed by atoms with Crippen LogP contribution >= 0.6 is 24.0 Å². The zero-order valence-electron chi connectivity index (χ0n) is 11.4. The molecule has 0 atom stereocenters. The molecule has 1 aliphatic carbocycles. The van der Waals surface area contributed by atoms with Gasteiger partial charge in [0.2, 0.25) is 0 Å². The van der Waals surface area contributed by atoms with E-state index in [2.05, 4.69) is 27.7 Å². The Bertz CT molecular complexity index is 361. The molecule has 2 N–H and O–H groups in total. The highest BCUT2D eigenvalue weighted by molar-refractivity contribution is 14.0. The minimum atomic E-state index is 0. The van der Waals surface area contributed by atoms with E-state index in [1.165, 1.54) is 32.1 Å². The van der Waals surface area contributed by atoms with Gasteiger partial charge in [-0.3, -0.25) is 0 Å². The minimum Gasteiger partial charge on any atom is -0.364 e. The van der Waals surface area contributed by atoms with Gasteiger partial charge in [0.05, 0.1) is 6.54 Å². The first kappa shape index (κ1) is 16.3. The van der Waals surface area contributed by atoms with Crippen molar-refractivity contribution in [2.24, 2.45) is 4.99 Å². The summed E-state index contributed by atoms with van der Waals surface area (Å²) >= 11 is 0. The van der Waals surface area contributed by atoms with Gasteiger partial charge in [0.25, 0.3) is 0 Å². The number of aliphatic imine (C=N–C) groups is 1. The number of hydrogen-bond acceptors (Lipinski definition) is 3. The fraction of sp³-hybridized carbons (Fsp3) is 0.692. The maximum atomic E-state index is 4.80. The second-order valence-corrected chi connectivity index (χ2v) is 4.67. The van der Waals surface area contributed by atoms with Crippen molar-refractivity contribution in [2.75, 3.05) is 6.54 Å². The maximum Gasteiger partial charge on any atom is 0.191 e. The summed E-state index contributed by atoms with van der Waals surface area (Å²) in [5, 5.41) is 10.6. The topological polar surface area (TPSA) is 62.5 Å². The number of aromatic nitrogens is 1. The Morgan fingerprint density at radius 2 is 2.21 bits per heavy atom. The van der Waals surface area contributed by atoms with E-state index in [1.807, 2.05) is 6.07 Å². The molecule has 2 rings (SSSR count). The first-order valence-corrected chi connectivity index (χ1v) is 6.82. The van der Waals surface area contributed by atoms with Gasteiger partial charge >= 0.3 is 0 Å². The van der Waals surface area contributed by atoms with Crippen LogP contribution in [0, 0.1) is 0 Å². The molecule has 1 aromatic rings. The summed E-state index contributed by atoms with van der Waals surface area (Å²) in [4.78, 5) is 4.52. The van der Waals surface area contributed by atoms with Gasteiger partial charge in [-0.1, -0.05) is 24.4 Å². The standard InChI is InChI=1S/C13H22N4O.HI/c1-2-14-13(15-10-12-8-9-18-17-12)16-11-6-4-3-5-7-11;/h8-9,11H,2-7,10H2,1H3,(H2,14,15,16);1H. The molecule has 6 heteroatoms. The Kier molecular flexibility index (Phi) is 7.85. The van der Waals surface area contributed by atoms with E-state index in [-0.39, 0.29) is 24.0 Å². The SMILES string of the molecule is CCNC(=NCc1ccon1)NC1CCCCC1.I. The predicted octanol–water partition coefficient (Wildman–Crippen LogP) is 2.68. The van der Waals surface area contributed by atoms with Crippen molar-refractivity contribution in [3.8, 4) is 0 Å². The van der Waals surface area contributed by atoms with Crippen molar-refractivity contribution in [3.63, 3.8) is 0 Å². The average Bonchev–Trinajstić information content (AvgIpc) is 2.91. The van der Waals surface area contributed by atoms with Gasteiger partial charge in [-0.2, -0.15) is 0 Å². The predicted molar refractivity (Wildman–Crippen MR) is 86.7 cm³/mol. The van der Waals surface area contributed by atoms with Crippen LogP contribution in [0.5, 0.6) is 0 Å². The first-order chi connectivity index (χ1) is 8.88. The van der Waals surface area contributed by atoms with Crippen LogP contribution < -0.4 is 10.6 Å². The molecule has 0 amide bonds. The fourth-order valence-corrected chi connectivity index (χ4v) is 2.24. The summed E-state index contributed by atoms with van der Waals surface area (Å²) < 4.78 is 4.80. The van der Waals surface area contributed by atoms with Crippen molar-refractivity contribution in [3.05, 3.63) is 18.0 Å². The van der Waals surface area contributed by atoms with E-state index < -0.39 is 0 Å². The summed E-state index contributed by atoms with van der Waals surface area (Å²) in [6.07, 6.45) is 8.07. The Morgan fingerprint density at radius 1 is 1.42 bits per heavy atom. The van der Waals surface area contributed by atoms with Gasteiger partial charge in [0, 0.05) is 18.7 Å². The van der Waals surface area contributed by atoms with E-state index >= 15 is 0 Å². The second kappa shape index (κ2) is 9.17. The molecule has 0 bridgehead atoms. The zero-order valence-corrected chi connectivity index (χ0v) is 13.7. The highest BCUT2D eigenvalue weighted by atomic mass is 127. The molecule has 0 spiro atoms. The molecule has 1 aromatic heterocycles. The number of halogens is 1. The van der Waals surface area contributed by atoms with Gasteiger partial charge in [-0.05, 0) is 19.8 Å². The van der Waals surface area contributed by atoms with Crippen molar-refractivity contribution in [1.82, 2.24) is 15.8 Å². The summed E-state index contributed by atoms with van der Waals surface area (Å²) in [6, 6.07) is 2.40. The monoisotopic (exact) mass is 378 g/mol. The smallest absolute Gasteiger partial charge is 0.191 e. The normalized spacial score (nSPS) is 16.8. The van der Waals surface area contributed by atoms with Crippen molar-refractivity contribution in [1.29, 1.82) is 0 Å². The molecule has 0 unspecified atom stereocenters. The molecule has 0 aromatic carbocycles. The molecule has 108 valence electrons. The van der Waals surface area contributed by atoms with Crippen LogP contribution in [0.2, 0.25) is 0 Å². The molecular weight excluding hydrogens is 355 g/mol. The molecule has 0 saturated heterocycles. The summed E-state index contributed by atoms with van der Waals surface area (Å²) in [6.45, 7) is 3.50. The lowest BCUT2D eigenvalue weighted by atomic mass is 9.96. The van der Waals surface area contributed by atoms with Gasteiger partial charge in [-0.15, -0.1) is 24.0 Å². The van der Waals surface area contributed by atoms with Crippen molar-refractivity contribution < 1.29 is 4.52 Å². The Morgan fingerprint density at radius 3 is 2.84 bits per heavy atom. The van der Waals surface area contributed by atoms with Crippen molar-refractivity contribution in [2.45, 2.75) is 51.6 Å². The van der Waals surface area contributed by atoms with Crippen LogP contribution in [-0.4, -0.2) is 23.7 Å². The molecule has 19 heavy (non-hydrogen) atoms. The molecule has 1 aliphatic rings. The fourth-order valence-electron chi connectivity index (χ4n) is 2.24. The first-order valence-electron chi connectivity index (χ1n) is 6.82. The second-order valence-electron chi connectivity index (χ2n) is 4.67. The summed E-state index contributed by atoms with van der Waals surface area (Å²) in [5.74, 6) is 0.882. The molecular formula is C13H23IN4O. The number of nitrogens with zero attached hydrogens (tertiary/aromatic N) is 2. The number of nitrogens with one attached hydrogen (secondary N) is 2. The van der Waals surface area contributed by atoms with Crippen LogP contribution in [0.1, 0.15) is 44.7 Å². The van der Waals surface area contributed by atoms with E-state index in [4.69, 9.17) is 4.52 Å². The highest BCUT2D eigenvalue weighted by Gasteiger charge is 2.14. The molecule has 1 saturated carbocycles. The lowest BCUT2D eigenvalue weighted by Crippen LogP contribution is -2.44. The quantitative estimate of drug-likeness (QED) is 0.481. The van der Waals surface area contributed by atoms with Crippen LogP contribution in [0.25, 0.3) is 0 Å². The Labute approximate surface area is 131 Å². The number of hydrogen-bond donors (Lipinski definition) is 2. The largest absolute Gasteiger partial charge is 0.364 e. The van der Waals surface area contributed by atoms with Gasteiger partial charge in [0.1, 0.15) is 12.0 Å². The third-order valence-corrected chi connectivity index (χ3v) is 3.18. The van der Waals surface area contributed by atoms with Crippen LogP contribution in [0.15, 0.2) is 21.8 Å². The van der Waals surface area contributed by atoms with Gasteiger partial charge < -0.3 is 15.2 Å². The van der Waals surface area contributed by atoms with Crippen molar-refractivity contribution >= 4 is 29.9 Å². The number of rotatable bonds is 4. The third-order valence-electron chi connectivity index (χ3n) is 3.18. The summed E-state index contributed by atoms with van der Waals surface area (Å²) in [7, 11) is 0. The zero-order chi connectivity index (χ0) is 12.6. The lowest BCUT2D eigenvalue weighted by molar-refractivity contribution is 0.408. The summed E-state index contributed by atoms with van der Waals surface area (Å²) in [5.41, 5.74) is 0.857. The van der Waals surface area contributed by atoms with E-state index in [9.17, 15) is 0 Å². The molecule has 5 nitrogen and oxygen atoms in total. The third kappa shape index (κ3) is 5.80. The highest BCUT2D eigenvalue weighted by Crippen LogP contribution is 2.17. The van der Waals surface area contributed by atoms with E-state index in [0.717, 1.165) is 18.2 Å². The molecule has 0 radical (unpaired) electrons. The minimum absolute atomic E-state index is 0. The van der Waals surface area contributed by atoms with Gasteiger partial charge in [0.15, 0.2) is 5.96 Å². The van der Waals surface area contributed by atoms with Crippen LogP contribution in [-0.2, 0) is 6.54 Å². The maximum absolute atomic E-state index is 4.80. The van der Waals surface area contributed by atoms with Crippen LogP contribution in [0.3, 0.4) is 0 Å². The Hall–Kier alpha value is -0.790. The Balaban J connectivity index is 0.00000180. The van der Waals surface area contributed by atoms with Crippen LogP contribution in [0.4, 0.5) is 0 Å². The van der Waals surface area contributed by atoms with E-state index in [0.29, 0.717) is 12.6 Å².